The number of methoxy groups -OCH3 is 1. The molecule has 1 N–H and O–H groups in total. The number of rotatable bonds is 7. The molecule has 5 heteroatoms. The Morgan fingerprint density at radius 1 is 1.22 bits per heavy atom. The Labute approximate surface area is 160 Å². The Kier molecular flexibility index (Phi) is 6.24. The molecule has 1 atom stereocenters. The molecule has 0 saturated carbocycles. The van der Waals surface area contributed by atoms with E-state index in [1.165, 1.54) is 0 Å². The molecule has 1 aliphatic rings. The molecule has 1 fully saturated rings. The van der Waals surface area contributed by atoms with E-state index in [2.05, 4.69) is 11.4 Å². The summed E-state index contributed by atoms with van der Waals surface area (Å²) in [7, 11) is 1.63. The van der Waals surface area contributed by atoms with Gasteiger partial charge in [-0.05, 0) is 24.1 Å². The Balaban J connectivity index is 1.65. The number of amides is 2. The number of likely N-dealkylation sites (tertiary alicyclic amines) is 1. The molecule has 5 nitrogen and oxygen atoms in total. The number of nitrogens with zero attached hydrogens (tertiary/aromatic N) is 1. The van der Waals surface area contributed by atoms with E-state index in [1.807, 2.05) is 49.4 Å². The molecule has 1 aliphatic heterocycles. The minimum Gasteiger partial charge on any atom is -0.383 e. The van der Waals surface area contributed by atoms with Crippen molar-refractivity contribution in [1.82, 2.24) is 10.2 Å². The van der Waals surface area contributed by atoms with Gasteiger partial charge in [0.25, 0.3) is 5.91 Å². The minimum absolute atomic E-state index is 0.102. The van der Waals surface area contributed by atoms with E-state index in [0.29, 0.717) is 38.2 Å². The van der Waals surface area contributed by atoms with Gasteiger partial charge >= 0.3 is 0 Å². The molecule has 1 unspecified atom stereocenters. The second-order valence-electron chi connectivity index (χ2n) is 7.03. The average molecular weight is 366 g/mol. The largest absolute Gasteiger partial charge is 0.383 e. The van der Waals surface area contributed by atoms with E-state index < -0.39 is 0 Å². The van der Waals surface area contributed by atoms with Crippen molar-refractivity contribution >= 4 is 11.8 Å². The molecular formula is C22H26N2O3. The van der Waals surface area contributed by atoms with E-state index >= 15 is 0 Å². The predicted octanol–water partition coefficient (Wildman–Crippen LogP) is 2.89. The number of hydrogen-bond acceptors (Lipinski definition) is 3. The Morgan fingerprint density at radius 2 is 2.04 bits per heavy atom. The first-order chi connectivity index (χ1) is 13.1. The van der Waals surface area contributed by atoms with E-state index in [9.17, 15) is 9.59 Å². The standard InChI is InChI=1S/C22H26N2O3/c1-16-6-5-7-18(12-16)19-8-3-4-9-20(19)22(26)23-14-17-13-21(25)24(15-17)10-11-27-2/h3-9,12,17H,10-11,13-15H2,1-2H3,(H,23,26). The van der Waals surface area contributed by atoms with Crippen molar-refractivity contribution in [2.45, 2.75) is 13.3 Å². The summed E-state index contributed by atoms with van der Waals surface area (Å²) in [5.41, 5.74) is 3.76. The predicted molar refractivity (Wildman–Crippen MR) is 106 cm³/mol. The van der Waals surface area contributed by atoms with Gasteiger partial charge in [-0.2, -0.15) is 0 Å². The van der Waals surface area contributed by atoms with Crippen molar-refractivity contribution in [3.8, 4) is 11.1 Å². The zero-order valence-corrected chi connectivity index (χ0v) is 15.9. The number of hydrogen-bond donors (Lipinski definition) is 1. The normalized spacial score (nSPS) is 16.6. The minimum atomic E-state index is -0.102. The highest BCUT2D eigenvalue weighted by molar-refractivity contribution is 6.01. The number of carbonyl (C=O) groups is 2. The molecule has 0 spiro atoms. The maximum Gasteiger partial charge on any atom is 0.251 e. The van der Waals surface area contributed by atoms with Gasteiger partial charge in [0.15, 0.2) is 0 Å². The van der Waals surface area contributed by atoms with Crippen LogP contribution in [0.25, 0.3) is 11.1 Å². The number of carbonyl (C=O) groups excluding carboxylic acids is 2. The highest BCUT2D eigenvalue weighted by Gasteiger charge is 2.29. The maximum absolute atomic E-state index is 12.8. The van der Waals surface area contributed by atoms with Crippen LogP contribution < -0.4 is 5.32 Å². The third-order valence-corrected chi connectivity index (χ3v) is 4.91. The molecule has 0 bridgehead atoms. The highest BCUT2D eigenvalue weighted by Crippen LogP contribution is 2.25. The highest BCUT2D eigenvalue weighted by atomic mass is 16.5. The summed E-state index contributed by atoms with van der Waals surface area (Å²) in [6.45, 7) is 4.35. The molecule has 27 heavy (non-hydrogen) atoms. The lowest BCUT2D eigenvalue weighted by molar-refractivity contribution is -0.128. The van der Waals surface area contributed by atoms with E-state index in [0.717, 1.165) is 16.7 Å². The van der Waals surface area contributed by atoms with Gasteiger partial charge in [0.1, 0.15) is 0 Å². The van der Waals surface area contributed by atoms with Gasteiger partial charge < -0.3 is 15.0 Å². The first-order valence-electron chi connectivity index (χ1n) is 9.29. The average Bonchev–Trinajstić information content (AvgIpc) is 3.04. The summed E-state index contributed by atoms with van der Waals surface area (Å²) < 4.78 is 5.04. The van der Waals surface area contributed by atoms with Crippen LogP contribution in [0.2, 0.25) is 0 Å². The summed E-state index contributed by atoms with van der Waals surface area (Å²) in [6, 6.07) is 15.8. The van der Waals surface area contributed by atoms with Crippen LogP contribution >= 0.6 is 0 Å². The van der Waals surface area contributed by atoms with Crippen molar-refractivity contribution in [1.29, 1.82) is 0 Å². The molecule has 3 rings (SSSR count). The lowest BCUT2D eigenvalue weighted by atomic mass is 9.97. The Hall–Kier alpha value is -2.66. The lowest BCUT2D eigenvalue weighted by Crippen LogP contribution is -2.32. The summed E-state index contributed by atoms with van der Waals surface area (Å²) in [5.74, 6) is 0.172. The van der Waals surface area contributed by atoms with Gasteiger partial charge in [-0.3, -0.25) is 9.59 Å². The van der Waals surface area contributed by atoms with Crippen LogP contribution in [0, 0.1) is 12.8 Å². The van der Waals surface area contributed by atoms with Crippen LogP contribution in [0.1, 0.15) is 22.3 Å². The van der Waals surface area contributed by atoms with Crippen LogP contribution in [-0.2, 0) is 9.53 Å². The molecule has 0 aromatic heterocycles. The fourth-order valence-corrected chi connectivity index (χ4v) is 3.49. The van der Waals surface area contributed by atoms with Crippen molar-refractivity contribution in [2.24, 2.45) is 5.92 Å². The summed E-state index contributed by atoms with van der Waals surface area (Å²) in [5, 5.41) is 3.01. The molecule has 0 aliphatic carbocycles. The molecule has 1 heterocycles. The summed E-state index contributed by atoms with van der Waals surface area (Å²) in [6.07, 6.45) is 0.476. The van der Waals surface area contributed by atoms with Gasteiger partial charge in [0.05, 0.1) is 6.61 Å². The van der Waals surface area contributed by atoms with Crippen LogP contribution in [0.15, 0.2) is 48.5 Å². The van der Waals surface area contributed by atoms with E-state index in [1.54, 1.807) is 12.0 Å². The zero-order chi connectivity index (χ0) is 19.2. The quantitative estimate of drug-likeness (QED) is 0.820. The summed E-state index contributed by atoms with van der Waals surface area (Å²) >= 11 is 0. The molecule has 1 saturated heterocycles. The third-order valence-electron chi connectivity index (χ3n) is 4.91. The Morgan fingerprint density at radius 3 is 2.81 bits per heavy atom. The lowest BCUT2D eigenvalue weighted by Gasteiger charge is -2.16. The van der Waals surface area contributed by atoms with Crippen molar-refractivity contribution in [2.75, 3.05) is 33.4 Å². The zero-order valence-electron chi connectivity index (χ0n) is 15.9. The van der Waals surface area contributed by atoms with E-state index in [4.69, 9.17) is 4.74 Å². The molecular weight excluding hydrogens is 340 g/mol. The maximum atomic E-state index is 12.8. The topological polar surface area (TPSA) is 58.6 Å². The summed E-state index contributed by atoms with van der Waals surface area (Å²) in [4.78, 5) is 26.6. The van der Waals surface area contributed by atoms with Gasteiger partial charge in [0.2, 0.25) is 5.91 Å². The van der Waals surface area contributed by atoms with Gasteiger partial charge in [-0.25, -0.2) is 0 Å². The second kappa shape index (κ2) is 8.82. The van der Waals surface area contributed by atoms with Gasteiger partial charge in [0, 0.05) is 44.6 Å². The molecule has 142 valence electrons. The molecule has 0 radical (unpaired) electrons. The SMILES string of the molecule is COCCN1CC(CNC(=O)c2ccccc2-c2cccc(C)c2)CC1=O. The monoisotopic (exact) mass is 366 g/mol. The van der Waals surface area contributed by atoms with Crippen molar-refractivity contribution < 1.29 is 14.3 Å². The number of aryl methyl sites for hydroxylation is 1. The van der Waals surface area contributed by atoms with Crippen molar-refractivity contribution in [3.05, 3.63) is 59.7 Å². The van der Waals surface area contributed by atoms with Crippen LogP contribution in [-0.4, -0.2) is 50.1 Å². The first-order valence-corrected chi connectivity index (χ1v) is 9.29. The van der Waals surface area contributed by atoms with Crippen LogP contribution in [0.5, 0.6) is 0 Å². The smallest absolute Gasteiger partial charge is 0.251 e. The molecule has 2 amide bonds. The van der Waals surface area contributed by atoms with Gasteiger partial charge in [-0.15, -0.1) is 0 Å². The number of nitrogens with one attached hydrogen (secondary N) is 1. The van der Waals surface area contributed by atoms with E-state index in [-0.39, 0.29) is 17.7 Å². The molecule has 2 aromatic rings. The van der Waals surface area contributed by atoms with Crippen LogP contribution in [0.3, 0.4) is 0 Å². The molecule has 2 aromatic carbocycles. The first kappa shape index (κ1) is 19.1. The number of benzene rings is 2. The van der Waals surface area contributed by atoms with Crippen molar-refractivity contribution in [3.63, 3.8) is 0 Å². The third kappa shape index (κ3) is 4.74. The fraction of sp³-hybridized carbons (Fsp3) is 0.364. The van der Waals surface area contributed by atoms with Gasteiger partial charge in [-0.1, -0.05) is 48.0 Å². The number of ether oxygens (including phenoxy) is 1. The van der Waals surface area contributed by atoms with Crippen LogP contribution in [0.4, 0.5) is 0 Å². The second-order valence-corrected chi connectivity index (χ2v) is 7.03. The fourth-order valence-electron chi connectivity index (χ4n) is 3.49. The Bertz CT molecular complexity index is 819.